The van der Waals surface area contributed by atoms with Gasteiger partial charge in [-0.15, -0.1) is 0 Å². The molecule has 0 unspecified atom stereocenters. The van der Waals surface area contributed by atoms with E-state index in [0.717, 1.165) is 70.4 Å². The Kier molecular flexibility index (Phi) is 8.06. The van der Waals surface area contributed by atoms with Crippen LogP contribution in [-0.2, 0) is 35.5 Å². The zero-order valence-corrected chi connectivity index (χ0v) is 24.5. The molecule has 0 radical (unpaired) electrons. The fourth-order valence-electron chi connectivity index (χ4n) is 6.14. The van der Waals surface area contributed by atoms with Crippen molar-refractivity contribution in [2.24, 2.45) is 0 Å². The summed E-state index contributed by atoms with van der Waals surface area (Å²) in [6.07, 6.45) is 1.64. The minimum atomic E-state index is -0.819. The summed E-state index contributed by atoms with van der Waals surface area (Å²) in [5.74, 6) is -1.64. The Bertz CT molecular complexity index is 1580. The number of hydrogen-bond donors (Lipinski definition) is 2. The fraction of sp³-hybridized carbons (Fsp3) is 0.235. The third-order valence-corrected chi connectivity index (χ3v) is 9.04. The molecular weight excluding hydrogens is 571 g/mol. The number of carboxylic acid groups (broad SMARTS) is 2. The SMILES string of the molecule is O=C(O)CN1CCc2ccc(-c3cccc(-c4cccc(-c5ccc6c(c5)CN(CC(=O)O)CC6)c4Cl)c3Cl)cc2C1. The lowest BCUT2D eigenvalue weighted by molar-refractivity contribution is -0.139. The minimum absolute atomic E-state index is 0.0273. The third-order valence-electron chi connectivity index (χ3n) is 8.22. The molecule has 4 aromatic carbocycles. The molecule has 2 aliphatic heterocycles. The Hall–Kier alpha value is -3.68. The summed E-state index contributed by atoms with van der Waals surface area (Å²) in [6.45, 7) is 2.70. The molecule has 0 amide bonds. The predicted octanol–water partition coefficient (Wildman–Crippen LogP) is 6.88. The normalized spacial score (nSPS) is 15.2. The molecule has 0 saturated heterocycles. The summed E-state index contributed by atoms with van der Waals surface area (Å²) in [5, 5.41) is 19.7. The highest BCUT2D eigenvalue weighted by atomic mass is 35.5. The van der Waals surface area contributed by atoms with Crippen LogP contribution in [0.25, 0.3) is 33.4 Å². The molecule has 42 heavy (non-hydrogen) atoms. The van der Waals surface area contributed by atoms with Crippen molar-refractivity contribution in [2.75, 3.05) is 26.2 Å². The zero-order valence-electron chi connectivity index (χ0n) is 22.9. The van der Waals surface area contributed by atoms with Crippen molar-refractivity contribution in [3.63, 3.8) is 0 Å². The van der Waals surface area contributed by atoms with Gasteiger partial charge in [0.15, 0.2) is 0 Å². The zero-order chi connectivity index (χ0) is 29.4. The molecule has 2 aliphatic rings. The molecule has 0 aromatic heterocycles. The second kappa shape index (κ2) is 11.9. The summed E-state index contributed by atoms with van der Waals surface area (Å²) < 4.78 is 0. The predicted molar refractivity (Wildman–Crippen MR) is 166 cm³/mol. The van der Waals surface area contributed by atoms with Crippen molar-refractivity contribution in [3.05, 3.63) is 105 Å². The minimum Gasteiger partial charge on any atom is -0.480 e. The van der Waals surface area contributed by atoms with Gasteiger partial charge in [-0.3, -0.25) is 19.4 Å². The van der Waals surface area contributed by atoms with Crippen LogP contribution in [-0.4, -0.2) is 58.1 Å². The number of carbonyl (C=O) groups is 2. The number of hydrogen-bond acceptors (Lipinski definition) is 4. The number of nitrogens with zero attached hydrogens (tertiary/aromatic N) is 2. The summed E-state index contributed by atoms with van der Waals surface area (Å²) in [6, 6.07) is 24.5. The van der Waals surface area contributed by atoms with Crippen molar-refractivity contribution in [1.82, 2.24) is 9.80 Å². The molecule has 8 heteroatoms. The van der Waals surface area contributed by atoms with E-state index in [-0.39, 0.29) is 13.1 Å². The van der Waals surface area contributed by atoms with Gasteiger partial charge in [0.1, 0.15) is 0 Å². The van der Waals surface area contributed by atoms with Crippen molar-refractivity contribution < 1.29 is 19.8 Å². The van der Waals surface area contributed by atoms with Crippen molar-refractivity contribution in [2.45, 2.75) is 25.9 Å². The largest absolute Gasteiger partial charge is 0.480 e. The molecule has 0 bridgehead atoms. The van der Waals surface area contributed by atoms with Crippen LogP contribution >= 0.6 is 23.2 Å². The molecular formula is C34H30Cl2N2O4. The average molecular weight is 602 g/mol. The first-order chi connectivity index (χ1) is 20.3. The van der Waals surface area contributed by atoms with Crippen molar-refractivity contribution >= 4 is 35.1 Å². The molecule has 0 fully saturated rings. The summed E-state index contributed by atoms with van der Waals surface area (Å²) in [5.41, 5.74) is 10.1. The van der Waals surface area contributed by atoms with Crippen LogP contribution in [0.2, 0.25) is 10.0 Å². The van der Waals surface area contributed by atoms with Gasteiger partial charge < -0.3 is 10.2 Å². The lowest BCUT2D eigenvalue weighted by Gasteiger charge is -2.28. The first kappa shape index (κ1) is 28.4. The van der Waals surface area contributed by atoms with E-state index in [4.69, 9.17) is 23.2 Å². The molecule has 0 saturated carbocycles. The van der Waals surface area contributed by atoms with Gasteiger partial charge in [0, 0.05) is 48.4 Å². The molecule has 2 N–H and O–H groups in total. The Morgan fingerprint density at radius 1 is 0.595 bits per heavy atom. The average Bonchev–Trinajstić information content (AvgIpc) is 2.96. The van der Waals surface area contributed by atoms with E-state index in [1.165, 1.54) is 11.1 Å². The summed E-state index contributed by atoms with van der Waals surface area (Å²) in [7, 11) is 0. The molecule has 0 atom stereocenters. The highest BCUT2D eigenvalue weighted by Crippen LogP contribution is 2.43. The van der Waals surface area contributed by atoms with Crippen LogP contribution in [0.4, 0.5) is 0 Å². The number of halogens is 2. The van der Waals surface area contributed by atoms with Crippen LogP contribution < -0.4 is 0 Å². The Balaban J connectivity index is 1.33. The van der Waals surface area contributed by atoms with Gasteiger partial charge in [0.05, 0.1) is 23.1 Å². The Labute approximate surface area is 254 Å². The number of benzene rings is 4. The lowest BCUT2D eigenvalue weighted by atomic mass is 9.91. The van der Waals surface area contributed by atoms with Gasteiger partial charge in [0.25, 0.3) is 0 Å². The number of carboxylic acids is 2. The quantitative estimate of drug-likeness (QED) is 0.241. The van der Waals surface area contributed by atoms with Crippen LogP contribution in [0.5, 0.6) is 0 Å². The van der Waals surface area contributed by atoms with Gasteiger partial charge in [0.2, 0.25) is 0 Å². The van der Waals surface area contributed by atoms with E-state index in [1.807, 2.05) is 46.2 Å². The first-order valence-corrected chi connectivity index (χ1v) is 14.7. The molecule has 6 rings (SSSR count). The van der Waals surface area contributed by atoms with Gasteiger partial charge in [-0.25, -0.2) is 0 Å². The molecule has 6 nitrogen and oxygen atoms in total. The smallest absolute Gasteiger partial charge is 0.317 e. The van der Waals surface area contributed by atoms with Gasteiger partial charge >= 0.3 is 11.9 Å². The molecule has 0 aliphatic carbocycles. The van der Waals surface area contributed by atoms with Crippen LogP contribution in [0.1, 0.15) is 22.3 Å². The highest BCUT2D eigenvalue weighted by molar-refractivity contribution is 6.39. The summed E-state index contributed by atoms with van der Waals surface area (Å²) in [4.78, 5) is 26.4. The maximum atomic E-state index is 11.2. The van der Waals surface area contributed by atoms with Crippen LogP contribution in [0, 0.1) is 0 Å². The van der Waals surface area contributed by atoms with E-state index in [2.05, 4.69) is 36.4 Å². The van der Waals surface area contributed by atoms with E-state index in [9.17, 15) is 19.8 Å². The molecule has 2 heterocycles. The maximum Gasteiger partial charge on any atom is 0.317 e. The number of rotatable bonds is 7. The molecule has 4 aromatic rings. The second-order valence-electron chi connectivity index (χ2n) is 11.0. The first-order valence-electron chi connectivity index (χ1n) is 14.0. The van der Waals surface area contributed by atoms with Crippen LogP contribution in [0.3, 0.4) is 0 Å². The fourth-order valence-corrected chi connectivity index (χ4v) is 6.82. The topological polar surface area (TPSA) is 81.1 Å². The third kappa shape index (κ3) is 5.81. The second-order valence-corrected chi connectivity index (χ2v) is 11.8. The van der Waals surface area contributed by atoms with Crippen molar-refractivity contribution in [3.8, 4) is 33.4 Å². The van der Waals surface area contributed by atoms with Gasteiger partial charge in [-0.1, -0.05) is 83.9 Å². The molecule has 0 spiro atoms. The molecule has 214 valence electrons. The standard InChI is InChI=1S/C34H30Cl2N2O4/c35-33-27(23-9-7-21-11-13-37(19-31(39)40)17-25(21)15-23)3-1-5-29(33)30-6-2-4-28(34(30)36)24-10-8-22-12-14-38(20-32(41)42)18-26(22)16-24/h1-10,15-16H,11-14,17-20H2,(H,39,40)(H,41,42). The van der Waals surface area contributed by atoms with Crippen LogP contribution in [0.15, 0.2) is 72.8 Å². The van der Waals surface area contributed by atoms with E-state index >= 15 is 0 Å². The van der Waals surface area contributed by atoms with E-state index < -0.39 is 11.9 Å². The van der Waals surface area contributed by atoms with Gasteiger partial charge in [-0.2, -0.15) is 0 Å². The number of aliphatic carboxylic acids is 2. The van der Waals surface area contributed by atoms with Gasteiger partial charge in [-0.05, 0) is 58.4 Å². The summed E-state index contributed by atoms with van der Waals surface area (Å²) >= 11 is 14.2. The Morgan fingerprint density at radius 3 is 1.40 bits per heavy atom. The Morgan fingerprint density at radius 2 is 1.00 bits per heavy atom. The van der Waals surface area contributed by atoms with E-state index in [0.29, 0.717) is 23.1 Å². The monoisotopic (exact) mass is 600 g/mol. The maximum absolute atomic E-state index is 11.2. The lowest BCUT2D eigenvalue weighted by Crippen LogP contribution is -2.34. The van der Waals surface area contributed by atoms with Crippen molar-refractivity contribution in [1.29, 1.82) is 0 Å². The number of fused-ring (bicyclic) bond motifs is 2. The van der Waals surface area contributed by atoms with E-state index in [1.54, 1.807) is 0 Å². The highest BCUT2D eigenvalue weighted by Gasteiger charge is 2.22.